The van der Waals surface area contributed by atoms with E-state index in [1.807, 2.05) is 12.1 Å². The van der Waals surface area contributed by atoms with E-state index in [4.69, 9.17) is 6.57 Å². The number of pyridine rings is 1. The summed E-state index contributed by atoms with van der Waals surface area (Å²) in [5.41, 5.74) is 0.980. The summed E-state index contributed by atoms with van der Waals surface area (Å²) in [7, 11) is 0. The number of amides is 1. The highest BCUT2D eigenvalue weighted by atomic mass is 16.1. The molecule has 0 spiro atoms. The third kappa shape index (κ3) is 3.34. The van der Waals surface area contributed by atoms with Gasteiger partial charge in [0.2, 0.25) is 0 Å². The van der Waals surface area contributed by atoms with Gasteiger partial charge in [-0.3, -0.25) is 9.78 Å². The Bertz CT molecular complexity index is 315. The van der Waals surface area contributed by atoms with Gasteiger partial charge in [0.1, 0.15) is 0 Å². The minimum atomic E-state index is -0.244. The van der Waals surface area contributed by atoms with Gasteiger partial charge in [-0.2, -0.15) is 0 Å². The van der Waals surface area contributed by atoms with Gasteiger partial charge in [0, 0.05) is 18.9 Å². The van der Waals surface area contributed by atoms with E-state index in [-0.39, 0.29) is 12.5 Å². The number of nitrogens with one attached hydrogen (secondary N) is 1. The molecule has 0 aromatic carbocycles. The minimum Gasteiger partial charge on any atom is -0.346 e. The van der Waals surface area contributed by atoms with Gasteiger partial charge in [-0.25, -0.2) is 6.57 Å². The molecule has 0 aliphatic heterocycles. The molecule has 1 heterocycles. The van der Waals surface area contributed by atoms with Gasteiger partial charge in [-0.05, 0) is 17.7 Å². The van der Waals surface area contributed by atoms with Crippen LogP contribution in [0.5, 0.6) is 0 Å². The molecule has 0 fully saturated rings. The van der Waals surface area contributed by atoms with Crippen LogP contribution in [0.3, 0.4) is 0 Å². The fourth-order valence-electron chi connectivity index (χ4n) is 0.829. The van der Waals surface area contributed by atoms with Crippen LogP contribution in [0.1, 0.15) is 5.56 Å². The van der Waals surface area contributed by atoms with Gasteiger partial charge < -0.3 is 10.2 Å². The highest BCUT2D eigenvalue weighted by Gasteiger charge is 2.01. The molecule has 0 bridgehead atoms. The van der Waals surface area contributed by atoms with Crippen LogP contribution in [0, 0.1) is 6.57 Å². The van der Waals surface area contributed by atoms with Gasteiger partial charge in [-0.1, -0.05) is 0 Å². The number of aromatic nitrogens is 1. The van der Waals surface area contributed by atoms with Crippen molar-refractivity contribution in [2.75, 3.05) is 6.54 Å². The van der Waals surface area contributed by atoms with Crippen LogP contribution in [0.25, 0.3) is 4.85 Å². The van der Waals surface area contributed by atoms with E-state index in [1.165, 1.54) is 0 Å². The van der Waals surface area contributed by atoms with Crippen molar-refractivity contribution < 1.29 is 4.79 Å². The summed E-state index contributed by atoms with van der Waals surface area (Å²) in [5, 5.41) is 2.62. The molecular formula is C9H9N3O. The quantitative estimate of drug-likeness (QED) is 0.684. The maximum Gasteiger partial charge on any atom is 0.300 e. The zero-order valence-electron chi connectivity index (χ0n) is 7.03. The monoisotopic (exact) mass is 175 g/mol. The van der Waals surface area contributed by atoms with E-state index in [9.17, 15) is 4.79 Å². The van der Waals surface area contributed by atoms with E-state index < -0.39 is 0 Å². The zero-order chi connectivity index (χ0) is 9.52. The van der Waals surface area contributed by atoms with Crippen LogP contribution < -0.4 is 5.32 Å². The van der Waals surface area contributed by atoms with Gasteiger partial charge in [0.05, 0.1) is 0 Å². The van der Waals surface area contributed by atoms with Crippen molar-refractivity contribution in [3.8, 4) is 0 Å². The molecule has 1 N–H and O–H groups in total. The second-order valence-corrected chi connectivity index (χ2v) is 2.45. The molecule has 0 saturated heterocycles. The second-order valence-electron chi connectivity index (χ2n) is 2.45. The summed E-state index contributed by atoms with van der Waals surface area (Å²) in [6.07, 6.45) is 3.33. The van der Waals surface area contributed by atoms with Crippen molar-refractivity contribution in [1.29, 1.82) is 0 Å². The zero-order valence-corrected chi connectivity index (χ0v) is 7.03. The predicted molar refractivity (Wildman–Crippen MR) is 47.6 cm³/mol. The molecular weight excluding hydrogens is 166 g/mol. The number of rotatable bonds is 3. The minimum absolute atomic E-state index is 0.106. The Balaban J connectivity index is 2.36. The van der Waals surface area contributed by atoms with Gasteiger partial charge >= 0.3 is 0 Å². The van der Waals surface area contributed by atoms with E-state index in [0.29, 0.717) is 6.54 Å². The van der Waals surface area contributed by atoms with Crippen LogP contribution in [0.15, 0.2) is 24.5 Å². The molecule has 66 valence electrons. The van der Waals surface area contributed by atoms with E-state index in [0.717, 1.165) is 5.56 Å². The van der Waals surface area contributed by atoms with Crippen LogP contribution in [-0.4, -0.2) is 17.4 Å². The smallest absolute Gasteiger partial charge is 0.300 e. The lowest BCUT2D eigenvalue weighted by Crippen LogP contribution is -2.24. The Kier molecular flexibility index (Phi) is 3.45. The maximum atomic E-state index is 10.9. The second kappa shape index (κ2) is 4.88. The number of hydrogen-bond acceptors (Lipinski definition) is 2. The SMILES string of the molecule is [C-]#[N+]CC(=O)NCc1ccncc1. The molecule has 0 aliphatic rings. The molecule has 0 saturated carbocycles. The van der Waals surface area contributed by atoms with Crippen LogP contribution >= 0.6 is 0 Å². The Hall–Kier alpha value is -1.89. The highest BCUT2D eigenvalue weighted by Crippen LogP contribution is 1.94. The van der Waals surface area contributed by atoms with Crippen LogP contribution in [-0.2, 0) is 11.3 Å². The third-order valence-electron chi connectivity index (χ3n) is 1.46. The van der Waals surface area contributed by atoms with Crippen molar-refractivity contribution in [1.82, 2.24) is 10.3 Å². The number of hydrogen-bond donors (Lipinski definition) is 1. The summed E-state index contributed by atoms with van der Waals surface area (Å²) < 4.78 is 0. The summed E-state index contributed by atoms with van der Waals surface area (Å²) in [5.74, 6) is -0.244. The number of carbonyl (C=O) groups excluding carboxylic acids is 1. The standard InChI is InChI=1S/C9H9N3O/c1-10-7-9(13)12-6-8-2-4-11-5-3-8/h2-5H,6-7H2,(H,12,13). The molecule has 4 heteroatoms. The largest absolute Gasteiger partial charge is 0.346 e. The molecule has 0 unspecified atom stereocenters. The summed E-state index contributed by atoms with van der Waals surface area (Å²) in [6, 6.07) is 3.64. The average molecular weight is 175 g/mol. The van der Waals surface area contributed by atoms with Gasteiger partial charge in [0.15, 0.2) is 0 Å². The van der Waals surface area contributed by atoms with Crippen LogP contribution in [0.4, 0.5) is 0 Å². The maximum absolute atomic E-state index is 10.9. The third-order valence-corrected chi connectivity index (χ3v) is 1.46. The molecule has 1 aromatic rings. The fourth-order valence-corrected chi connectivity index (χ4v) is 0.829. The van der Waals surface area contributed by atoms with Crippen molar-refractivity contribution in [2.24, 2.45) is 0 Å². The number of carbonyl (C=O) groups is 1. The molecule has 4 nitrogen and oxygen atoms in total. The molecule has 1 aromatic heterocycles. The molecule has 0 atom stereocenters. The van der Waals surface area contributed by atoms with Crippen molar-refractivity contribution in [3.05, 3.63) is 41.5 Å². The summed E-state index contributed by atoms with van der Waals surface area (Å²) >= 11 is 0. The Morgan fingerprint density at radius 3 is 2.85 bits per heavy atom. The lowest BCUT2D eigenvalue weighted by molar-refractivity contribution is -0.119. The van der Waals surface area contributed by atoms with E-state index in [1.54, 1.807) is 12.4 Å². The van der Waals surface area contributed by atoms with E-state index in [2.05, 4.69) is 15.1 Å². The number of nitrogens with zero attached hydrogens (tertiary/aromatic N) is 2. The molecule has 13 heavy (non-hydrogen) atoms. The first kappa shape index (κ1) is 9.20. The fraction of sp³-hybridized carbons (Fsp3) is 0.222. The van der Waals surface area contributed by atoms with Gasteiger partial charge in [-0.15, -0.1) is 0 Å². The first-order valence-corrected chi connectivity index (χ1v) is 3.82. The topological polar surface area (TPSA) is 46.4 Å². The molecule has 0 aliphatic carbocycles. The highest BCUT2D eigenvalue weighted by molar-refractivity contribution is 5.79. The molecule has 1 amide bonds. The summed E-state index contributed by atoms with van der Waals surface area (Å²) in [4.78, 5) is 17.7. The average Bonchev–Trinajstić information content (AvgIpc) is 2.17. The van der Waals surface area contributed by atoms with Crippen molar-refractivity contribution in [3.63, 3.8) is 0 Å². The van der Waals surface area contributed by atoms with Crippen molar-refractivity contribution in [2.45, 2.75) is 6.54 Å². The first-order valence-electron chi connectivity index (χ1n) is 3.82. The lowest BCUT2D eigenvalue weighted by atomic mass is 10.3. The Morgan fingerprint density at radius 1 is 1.54 bits per heavy atom. The lowest BCUT2D eigenvalue weighted by Gasteiger charge is -2.00. The van der Waals surface area contributed by atoms with Crippen molar-refractivity contribution >= 4 is 5.91 Å². The molecule has 1 rings (SSSR count). The summed E-state index contributed by atoms with van der Waals surface area (Å²) in [6.45, 7) is 6.82. The Labute approximate surface area is 76.4 Å². The predicted octanol–water partition coefficient (Wildman–Crippen LogP) is 0.617. The first-order chi connectivity index (χ1) is 6.33. The molecule has 0 radical (unpaired) electrons. The van der Waals surface area contributed by atoms with E-state index >= 15 is 0 Å². The van der Waals surface area contributed by atoms with Gasteiger partial charge in [0.25, 0.3) is 12.5 Å². The normalized spacial score (nSPS) is 8.85. The van der Waals surface area contributed by atoms with Crippen LogP contribution in [0.2, 0.25) is 0 Å². The Morgan fingerprint density at radius 2 is 2.23 bits per heavy atom.